The number of anilines is 1. The SMILES string of the molecule is c1cc2cc(n1)CN2. The molecule has 0 amide bonds. The Balaban J connectivity index is 2.66. The molecule has 2 nitrogen and oxygen atoms in total. The van der Waals surface area contributed by atoms with E-state index in [2.05, 4.69) is 16.4 Å². The van der Waals surface area contributed by atoms with Gasteiger partial charge < -0.3 is 5.32 Å². The molecule has 2 heterocycles. The summed E-state index contributed by atoms with van der Waals surface area (Å²) in [4.78, 5) is 4.09. The van der Waals surface area contributed by atoms with Crippen molar-refractivity contribution in [3.63, 3.8) is 0 Å². The molecular formula is C6H6N2. The lowest BCUT2D eigenvalue weighted by molar-refractivity contribution is 1.11. The minimum absolute atomic E-state index is 0.905. The number of nitrogens with one attached hydrogen (secondary N) is 1. The van der Waals surface area contributed by atoms with Crippen molar-refractivity contribution >= 4 is 5.69 Å². The van der Waals surface area contributed by atoms with Crippen LogP contribution in [-0.4, -0.2) is 4.98 Å². The number of rotatable bonds is 0. The van der Waals surface area contributed by atoms with Gasteiger partial charge in [0.2, 0.25) is 0 Å². The highest BCUT2D eigenvalue weighted by atomic mass is 14.9. The molecule has 0 unspecified atom stereocenters. The second kappa shape index (κ2) is 1.22. The van der Waals surface area contributed by atoms with Crippen LogP contribution >= 0.6 is 0 Å². The number of pyridine rings is 1. The highest BCUT2D eigenvalue weighted by Gasteiger charge is 2.02. The van der Waals surface area contributed by atoms with Gasteiger partial charge in [0.25, 0.3) is 0 Å². The van der Waals surface area contributed by atoms with Crippen LogP contribution in [0.5, 0.6) is 0 Å². The summed E-state index contributed by atoms with van der Waals surface area (Å²) in [6, 6.07) is 4.02. The normalized spacial score (nSPS) is 13.5. The molecule has 1 aromatic rings. The van der Waals surface area contributed by atoms with E-state index in [4.69, 9.17) is 0 Å². The van der Waals surface area contributed by atoms with E-state index in [9.17, 15) is 0 Å². The molecule has 0 saturated heterocycles. The molecule has 0 aliphatic carbocycles. The maximum Gasteiger partial charge on any atom is 0.0615 e. The molecule has 0 fully saturated rings. The van der Waals surface area contributed by atoms with Crippen LogP contribution in [0.2, 0.25) is 0 Å². The summed E-state index contributed by atoms with van der Waals surface area (Å²) in [5.74, 6) is 0. The maximum atomic E-state index is 4.09. The predicted octanol–water partition coefficient (Wildman–Crippen LogP) is 1.01. The Kier molecular flexibility index (Phi) is 0.592. The van der Waals surface area contributed by atoms with Crippen LogP contribution in [0.15, 0.2) is 18.3 Å². The third kappa shape index (κ3) is 0.397. The smallest absolute Gasteiger partial charge is 0.0615 e. The molecule has 0 saturated carbocycles. The van der Waals surface area contributed by atoms with Gasteiger partial charge >= 0.3 is 0 Å². The lowest BCUT2D eigenvalue weighted by atomic mass is 10.4. The number of hydrogen-bond acceptors (Lipinski definition) is 2. The van der Waals surface area contributed by atoms with E-state index in [-0.39, 0.29) is 0 Å². The average molecular weight is 106 g/mol. The van der Waals surface area contributed by atoms with Gasteiger partial charge in [0, 0.05) is 11.9 Å². The van der Waals surface area contributed by atoms with E-state index in [1.165, 1.54) is 5.69 Å². The average Bonchev–Trinajstić information content (AvgIpc) is 2.12. The summed E-state index contributed by atoms with van der Waals surface area (Å²) in [5.41, 5.74) is 2.33. The topological polar surface area (TPSA) is 24.9 Å². The summed E-state index contributed by atoms with van der Waals surface area (Å²) in [7, 11) is 0. The van der Waals surface area contributed by atoms with Crippen LogP contribution in [0, 0.1) is 0 Å². The molecule has 2 heteroatoms. The summed E-state index contributed by atoms with van der Waals surface area (Å²) < 4.78 is 0. The fraction of sp³-hybridized carbons (Fsp3) is 0.167. The first kappa shape index (κ1) is 3.89. The van der Waals surface area contributed by atoms with Crippen molar-refractivity contribution in [2.45, 2.75) is 6.54 Å². The molecule has 2 rings (SSSR count). The quantitative estimate of drug-likeness (QED) is 0.533. The summed E-state index contributed by atoms with van der Waals surface area (Å²) in [6.45, 7) is 0.905. The monoisotopic (exact) mass is 106 g/mol. The van der Waals surface area contributed by atoms with Crippen molar-refractivity contribution in [2.75, 3.05) is 5.32 Å². The molecule has 8 heavy (non-hydrogen) atoms. The molecular weight excluding hydrogens is 100 g/mol. The Labute approximate surface area is 47.6 Å². The molecule has 0 radical (unpaired) electrons. The van der Waals surface area contributed by atoms with Crippen molar-refractivity contribution in [2.24, 2.45) is 0 Å². The van der Waals surface area contributed by atoms with Gasteiger partial charge in [-0.2, -0.15) is 0 Å². The van der Waals surface area contributed by atoms with Crippen molar-refractivity contribution in [3.05, 3.63) is 24.0 Å². The number of aromatic nitrogens is 1. The zero-order valence-electron chi connectivity index (χ0n) is 4.39. The van der Waals surface area contributed by atoms with Crippen molar-refractivity contribution in [3.8, 4) is 0 Å². The molecule has 0 aromatic carbocycles. The first-order chi connectivity index (χ1) is 3.95. The van der Waals surface area contributed by atoms with E-state index in [1.54, 1.807) is 0 Å². The van der Waals surface area contributed by atoms with E-state index in [0.717, 1.165) is 12.2 Å². The second-order valence-corrected chi connectivity index (χ2v) is 1.89. The summed E-state index contributed by atoms with van der Waals surface area (Å²) >= 11 is 0. The van der Waals surface area contributed by atoms with Crippen LogP contribution in [0.4, 0.5) is 5.69 Å². The predicted molar refractivity (Wildman–Crippen MR) is 31.6 cm³/mol. The van der Waals surface area contributed by atoms with Gasteiger partial charge in [0.05, 0.1) is 12.2 Å². The Morgan fingerprint density at radius 3 is 3.38 bits per heavy atom. The third-order valence-electron chi connectivity index (χ3n) is 1.29. The van der Waals surface area contributed by atoms with E-state index in [1.807, 2.05) is 12.3 Å². The van der Waals surface area contributed by atoms with Gasteiger partial charge in [-0.15, -0.1) is 0 Å². The van der Waals surface area contributed by atoms with Crippen LogP contribution in [0.25, 0.3) is 0 Å². The zero-order chi connectivity index (χ0) is 5.40. The molecule has 1 aliphatic heterocycles. The lowest BCUT2D eigenvalue weighted by Gasteiger charge is -1.86. The van der Waals surface area contributed by atoms with Crippen molar-refractivity contribution in [1.29, 1.82) is 0 Å². The van der Waals surface area contributed by atoms with E-state index >= 15 is 0 Å². The summed E-state index contributed by atoms with van der Waals surface area (Å²) in [5, 5.41) is 3.16. The van der Waals surface area contributed by atoms with Gasteiger partial charge in [-0.05, 0) is 12.1 Å². The Morgan fingerprint density at radius 1 is 1.62 bits per heavy atom. The largest absolute Gasteiger partial charge is 0.379 e. The van der Waals surface area contributed by atoms with Crippen LogP contribution < -0.4 is 5.32 Å². The Bertz CT molecular complexity index is 188. The van der Waals surface area contributed by atoms with Crippen LogP contribution in [-0.2, 0) is 6.54 Å². The zero-order valence-corrected chi connectivity index (χ0v) is 4.39. The van der Waals surface area contributed by atoms with Gasteiger partial charge in [-0.25, -0.2) is 0 Å². The number of hydrogen-bond donors (Lipinski definition) is 1. The number of nitrogens with zero attached hydrogens (tertiary/aromatic N) is 1. The molecule has 1 aliphatic rings. The Morgan fingerprint density at radius 2 is 2.62 bits per heavy atom. The number of fused-ring (bicyclic) bond motifs is 2. The maximum absolute atomic E-state index is 4.09. The van der Waals surface area contributed by atoms with Crippen molar-refractivity contribution in [1.82, 2.24) is 4.98 Å². The minimum Gasteiger partial charge on any atom is -0.379 e. The molecule has 1 aromatic heterocycles. The molecule has 2 bridgehead atoms. The van der Waals surface area contributed by atoms with Gasteiger partial charge in [0.1, 0.15) is 0 Å². The minimum atomic E-state index is 0.905. The second-order valence-electron chi connectivity index (χ2n) is 1.89. The first-order valence-corrected chi connectivity index (χ1v) is 2.64. The standard InChI is InChI=1S/C6H6N2/c1-2-7-6-3-5(1)8-4-6/h1-3,8H,4H2. The fourth-order valence-electron chi connectivity index (χ4n) is 0.877. The molecule has 0 spiro atoms. The van der Waals surface area contributed by atoms with Gasteiger partial charge in [-0.1, -0.05) is 0 Å². The van der Waals surface area contributed by atoms with Crippen molar-refractivity contribution < 1.29 is 0 Å². The van der Waals surface area contributed by atoms with Crippen LogP contribution in [0.1, 0.15) is 5.69 Å². The van der Waals surface area contributed by atoms with E-state index < -0.39 is 0 Å². The lowest BCUT2D eigenvalue weighted by Crippen LogP contribution is -1.87. The van der Waals surface area contributed by atoms with Gasteiger partial charge in [-0.3, -0.25) is 4.98 Å². The highest BCUT2D eigenvalue weighted by Crippen LogP contribution is 2.14. The molecule has 0 atom stereocenters. The fourth-order valence-corrected chi connectivity index (χ4v) is 0.877. The first-order valence-electron chi connectivity index (χ1n) is 2.64. The molecule has 40 valence electrons. The Hall–Kier alpha value is -1.05. The third-order valence-corrected chi connectivity index (χ3v) is 1.29. The van der Waals surface area contributed by atoms with Crippen LogP contribution in [0.3, 0.4) is 0 Å². The van der Waals surface area contributed by atoms with E-state index in [0.29, 0.717) is 0 Å². The highest BCUT2D eigenvalue weighted by molar-refractivity contribution is 5.48. The van der Waals surface area contributed by atoms with Gasteiger partial charge in [0.15, 0.2) is 0 Å². The summed E-state index contributed by atoms with van der Waals surface area (Å²) in [6.07, 6.45) is 1.82. The molecule has 1 N–H and O–H groups in total.